The van der Waals surface area contributed by atoms with Crippen LogP contribution in [0.4, 0.5) is 14.6 Å². The van der Waals surface area contributed by atoms with Crippen molar-refractivity contribution in [2.24, 2.45) is 5.92 Å². The number of aryl methyl sites for hydroxylation is 1. The molecule has 0 N–H and O–H groups in total. The average molecular weight is 637 g/mol. The highest BCUT2D eigenvalue weighted by Crippen LogP contribution is 2.34. The van der Waals surface area contributed by atoms with Gasteiger partial charge in [-0.25, -0.2) is 33.4 Å². The van der Waals surface area contributed by atoms with Crippen molar-refractivity contribution in [3.63, 3.8) is 0 Å². The number of hydrogen-bond donors (Lipinski definition) is 0. The van der Waals surface area contributed by atoms with E-state index in [1.54, 1.807) is 11.1 Å². The van der Waals surface area contributed by atoms with Gasteiger partial charge in [-0.15, -0.1) is 0 Å². The largest absolute Gasteiger partial charge is 0.458 e. The molecule has 3 atom stereocenters. The molecule has 2 aromatic carbocycles. The van der Waals surface area contributed by atoms with Gasteiger partial charge in [0.25, 0.3) is 0 Å². The van der Waals surface area contributed by atoms with Crippen molar-refractivity contribution in [1.29, 1.82) is 0 Å². The zero-order chi connectivity index (χ0) is 32.4. The van der Waals surface area contributed by atoms with Gasteiger partial charge in [0.1, 0.15) is 41.6 Å². The monoisotopic (exact) mass is 636 g/mol. The molecule has 238 valence electrons. The van der Waals surface area contributed by atoms with Crippen molar-refractivity contribution in [3.8, 4) is 23.0 Å². The standard InChI is InChI=1S/C33H30F2N10O2/c1-18-14-42(3)32(46)28-12-21(47-33-36-10-9-25(41-33)22-5-4-6-26-29(22)43(15-18)19(2)40-26)16-44(28)30-23-13-39-45(31(23)38-17-37-30)27-8-7-20(34)11-24(27)35/h4-11,13,17-18,21,28H,12,14-16H2,1-3H3/t18-,21-,28-/m0/s1. The Morgan fingerprint density at radius 3 is 2.72 bits per heavy atom. The van der Waals surface area contributed by atoms with E-state index in [0.717, 1.165) is 34.6 Å². The first-order valence-electron chi connectivity index (χ1n) is 15.4. The summed E-state index contributed by atoms with van der Waals surface area (Å²) in [7, 11) is 1.81. The second-order valence-electron chi connectivity index (χ2n) is 12.2. The predicted molar refractivity (Wildman–Crippen MR) is 169 cm³/mol. The Kier molecular flexibility index (Phi) is 6.81. The highest BCUT2D eigenvalue weighted by atomic mass is 19.1. The zero-order valence-electron chi connectivity index (χ0n) is 25.9. The summed E-state index contributed by atoms with van der Waals surface area (Å²) < 4.78 is 38.3. The SMILES string of the molecule is Cc1nc2cccc3c2n1C[C@@H](C)CN(C)C(=O)[C@@H]1C[C@@H](CN1c1ncnc2c1cnn2-c1ccc(F)cc1F)Oc1nccc-3n1. The molecule has 0 unspecified atom stereocenters. The molecule has 1 fully saturated rings. The third-order valence-electron chi connectivity index (χ3n) is 8.90. The Morgan fingerprint density at radius 1 is 1.00 bits per heavy atom. The lowest BCUT2D eigenvalue weighted by Gasteiger charge is -2.30. The molecule has 12 nitrogen and oxygen atoms in total. The van der Waals surface area contributed by atoms with Gasteiger partial charge >= 0.3 is 6.01 Å². The number of halogens is 2. The maximum atomic E-state index is 14.8. The number of fused-ring (bicyclic) bond motifs is 6. The van der Waals surface area contributed by atoms with Crippen LogP contribution in [0, 0.1) is 24.5 Å². The highest BCUT2D eigenvalue weighted by molar-refractivity contribution is 5.93. The molecule has 4 bridgehead atoms. The van der Waals surface area contributed by atoms with Gasteiger partial charge in [-0.3, -0.25) is 4.79 Å². The first-order chi connectivity index (χ1) is 22.7. The van der Waals surface area contributed by atoms with E-state index in [2.05, 4.69) is 31.5 Å². The number of nitrogens with zero attached hydrogens (tertiary/aromatic N) is 10. The molecule has 0 saturated carbocycles. The molecule has 2 aliphatic heterocycles. The molecule has 47 heavy (non-hydrogen) atoms. The molecule has 0 radical (unpaired) electrons. The Morgan fingerprint density at radius 2 is 1.87 bits per heavy atom. The van der Waals surface area contributed by atoms with Crippen LogP contribution in [0.5, 0.6) is 6.01 Å². The number of aromatic nitrogens is 8. The second kappa shape index (κ2) is 11.1. The van der Waals surface area contributed by atoms with Crippen molar-refractivity contribution in [1.82, 2.24) is 44.2 Å². The minimum Gasteiger partial charge on any atom is -0.458 e. The number of ether oxygens (including phenoxy) is 1. The summed E-state index contributed by atoms with van der Waals surface area (Å²) in [4.78, 5) is 40.8. The molecule has 0 aliphatic carbocycles. The second-order valence-corrected chi connectivity index (χ2v) is 12.2. The minimum atomic E-state index is -0.779. The van der Waals surface area contributed by atoms with Crippen LogP contribution in [-0.4, -0.2) is 82.4 Å². The third-order valence-corrected chi connectivity index (χ3v) is 8.90. The van der Waals surface area contributed by atoms with Gasteiger partial charge in [-0.1, -0.05) is 19.1 Å². The van der Waals surface area contributed by atoms with Crippen LogP contribution in [0.2, 0.25) is 0 Å². The van der Waals surface area contributed by atoms with Crippen molar-refractivity contribution >= 4 is 33.8 Å². The third kappa shape index (κ3) is 4.91. The van der Waals surface area contributed by atoms with E-state index in [9.17, 15) is 13.6 Å². The van der Waals surface area contributed by atoms with Gasteiger partial charge in [0.05, 0.1) is 34.9 Å². The number of para-hydroxylation sites is 1. The number of hydrogen-bond acceptors (Lipinski definition) is 9. The number of imidazole rings is 1. The number of anilines is 1. The molecule has 0 spiro atoms. The van der Waals surface area contributed by atoms with Gasteiger partial charge in [-0.2, -0.15) is 10.1 Å². The number of likely N-dealkylation sites (N-methyl/N-ethyl adjacent to an activating group) is 1. The normalized spacial score (nSPS) is 20.0. The average Bonchev–Trinajstić information content (AvgIpc) is 3.76. The fourth-order valence-corrected chi connectivity index (χ4v) is 6.85. The molecule has 4 aromatic heterocycles. The van der Waals surface area contributed by atoms with E-state index in [1.165, 1.54) is 23.3 Å². The molecule has 1 saturated heterocycles. The van der Waals surface area contributed by atoms with Gasteiger partial charge in [0.15, 0.2) is 11.5 Å². The number of benzene rings is 2. The Hall–Kier alpha value is -5.53. The van der Waals surface area contributed by atoms with E-state index in [1.807, 2.05) is 43.1 Å². The minimum absolute atomic E-state index is 0.0421. The molecular weight excluding hydrogens is 606 g/mol. The van der Waals surface area contributed by atoms with Crippen LogP contribution < -0.4 is 9.64 Å². The maximum Gasteiger partial charge on any atom is 0.317 e. The van der Waals surface area contributed by atoms with Crippen LogP contribution in [0.15, 0.2) is 61.2 Å². The van der Waals surface area contributed by atoms with Gasteiger partial charge in [0.2, 0.25) is 5.91 Å². The first-order valence-corrected chi connectivity index (χ1v) is 15.4. The fourth-order valence-electron chi connectivity index (χ4n) is 6.85. The molecule has 6 aromatic rings. The first kappa shape index (κ1) is 28.9. The predicted octanol–water partition coefficient (Wildman–Crippen LogP) is 4.34. The molecule has 2 aliphatic rings. The number of carbonyl (C=O) groups is 1. The summed E-state index contributed by atoms with van der Waals surface area (Å²) >= 11 is 0. The van der Waals surface area contributed by atoms with E-state index in [0.29, 0.717) is 48.6 Å². The number of carbonyl (C=O) groups excluding carboxylic acids is 1. The van der Waals surface area contributed by atoms with E-state index < -0.39 is 23.8 Å². The molecule has 6 heterocycles. The summed E-state index contributed by atoms with van der Waals surface area (Å²) in [6, 6.07) is 10.7. The Labute approximate surface area is 267 Å². The van der Waals surface area contributed by atoms with Gasteiger partial charge in [0, 0.05) is 44.4 Å². The van der Waals surface area contributed by atoms with E-state index in [4.69, 9.17) is 14.7 Å². The maximum absolute atomic E-state index is 14.8. The topological polar surface area (TPSA) is 120 Å². The zero-order valence-corrected chi connectivity index (χ0v) is 25.9. The van der Waals surface area contributed by atoms with Gasteiger partial charge in [-0.05, 0) is 37.1 Å². The van der Waals surface area contributed by atoms with E-state index in [-0.39, 0.29) is 23.5 Å². The Bertz CT molecular complexity index is 2180. The van der Waals surface area contributed by atoms with E-state index >= 15 is 0 Å². The lowest BCUT2D eigenvalue weighted by atomic mass is 10.1. The van der Waals surface area contributed by atoms with Crippen LogP contribution in [-0.2, 0) is 11.3 Å². The fraction of sp³-hybridized carbons (Fsp3) is 0.303. The highest BCUT2D eigenvalue weighted by Gasteiger charge is 2.42. The molecule has 8 rings (SSSR count). The molecule has 14 heteroatoms. The number of amides is 1. The van der Waals surface area contributed by atoms with Crippen LogP contribution in [0.3, 0.4) is 0 Å². The van der Waals surface area contributed by atoms with Crippen molar-refractivity contribution in [3.05, 3.63) is 78.6 Å². The smallest absolute Gasteiger partial charge is 0.317 e. The van der Waals surface area contributed by atoms with Crippen molar-refractivity contribution in [2.75, 3.05) is 25.0 Å². The van der Waals surface area contributed by atoms with Crippen LogP contribution in [0.1, 0.15) is 19.2 Å². The summed E-state index contributed by atoms with van der Waals surface area (Å²) in [5.41, 5.74) is 3.84. The van der Waals surface area contributed by atoms with Crippen molar-refractivity contribution < 1.29 is 18.3 Å². The summed E-state index contributed by atoms with van der Waals surface area (Å²) in [5, 5.41) is 4.87. The van der Waals surface area contributed by atoms with Gasteiger partial charge < -0.3 is 19.1 Å². The number of rotatable bonds is 2. The lowest BCUT2D eigenvalue weighted by molar-refractivity contribution is -0.131. The van der Waals surface area contributed by atoms with Crippen LogP contribution >= 0.6 is 0 Å². The summed E-state index contributed by atoms with van der Waals surface area (Å²) in [6.45, 7) is 5.56. The molecule has 1 amide bonds. The summed E-state index contributed by atoms with van der Waals surface area (Å²) in [5.74, 6) is -0.143. The van der Waals surface area contributed by atoms with Crippen molar-refractivity contribution in [2.45, 2.75) is 39.0 Å². The Balaban J connectivity index is 1.21. The quantitative estimate of drug-likeness (QED) is 0.273. The molecular formula is C33H30F2N10O2. The lowest BCUT2D eigenvalue weighted by Crippen LogP contribution is -2.46. The summed E-state index contributed by atoms with van der Waals surface area (Å²) in [6.07, 6.45) is 4.46. The van der Waals surface area contributed by atoms with Crippen LogP contribution in [0.25, 0.3) is 39.0 Å².